The Kier molecular flexibility index (Phi) is 5.72. The van der Waals surface area contributed by atoms with E-state index in [0.717, 1.165) is 5.56 Å². The van der Waals surface area contributed by atoms with Crippen LogP contribution in [-0.2, 0) is 20.9 Å². The fourth-order valence-electron chi connectivity index (χ4n) is 3.07. The molecule has 1 unspecified atom stereocenters. The third kappa shape index (κ3) is 4.13. The molecule has 1 atom stereocenters. The zero-order chi connectivity index (χ0) is 18.5. The topological polar surface area (TPSA) is 88.2 Å². The summed E-state index contributed by atoms with van der Waals surface area (Å²) in [5.74, 6) is 0.412. The molecule has 1 aromatic rings. The highest BCUT2D eigenvalue weighted by atomic mass is 16.5. The van der Waals surface area contributed by atoms with Gasteiger partial charge in [-0.05, 0) is 24.1 Å². The minimum atomic E-state index is -0.647. The van der Waals surface area contributed by atoms with Gasteiger partial charge in [0.15, 0.2) is 0 Å². The molecule has 4 amide bonds. The third-order valence-electron chi connectivity index (χ3n) is 4.62. The summed E-state index contributed by atoms with van der Waals surface area (Å²) in [4.78, 5) is 39.8. The van der Waals surface area contributed by atoms with E-state index in [-0.39, 0.29) is 24.8 Å². The van der Waals surface area contributed by atoms with Gasteiger partial charge in [-0.2, -0.15) is 0 Å². The molecule has 2 aliphatic rings. The highest BCUT2D eigenvalue weighted by molar-refractivity contribution is 6.04. The first-order valence-corrected chi connectivity index (χ1v) is 8.69. The molecule has 2 saturated heterocycles. The number of carbonyl (C=O) groups is 3. The van der Waals surface area contributed by atoms with Gasteiger partial charge in [0.1, 0.15) is 11.8 Å². The average Bonchev–Trinajstić information content (AvgIpc) is 2.95. The molecule has 1 N–H and O–H groups in total. The molecule has 2 heterocycles. The predicted octanol–water partition coefficient (Wildman–Crippen LogP) is 0.755. The Labute approximate surface area is 152 Å². The van der Waals surface area contributed by atoms with Crippen LogP contribution >= 0.6 is 0 Å². The second kappa shape index (κ2) is 8.18. The minimum Gasteiger partial charge on any atom is -0.497 e. The van der Waals surface area contributed by atoms with Gasteiger partial charge in [-0.15, -0.1) is 0 Å². The van der Waals surface area contributed by atoms with Gasteiger partial charge in [0.2, 0.25) is 5.91 Å². The molecule has 0 bridgehead atoms. The Morgan fingerprint density at radius 3 is 2.58 bits per heavy atom. The van der Waals surface area contributed by atoms with Crippen LogP contribution in [0.5, 0.6) is 5.75 Å². The summed E-state index contributed by atoms with van der Waals surface area (Å²) in [7, 11) is 1.58. The van der Waals surface area contributed by atoms with Crippen molar-refractivity contribution in [3.63, 3.8) is 0 Å². The van der Waals surface area contributed by atoms with E-state index >= 15 is 0 Å². The molecule has 0 aromatic heterocycles. The normalized spacial score (nSPS) is 20.3. The molecule has 2 aliphatic heterocycles. The predicted molar refractivity (Wildman–Crippen MR) is 92.5 cm³/mol. The summed E-state index contributed by atoms with van der Waals surface area (Å²) in [6.07, 6.45) is 0.535. The molecular weight excluding hydrogens is 338 g/mol. The first-order valence-electron chi connectivity index (χ1n) is 8.69. The highest BCUT2D eigenvalue weighted by Gasteiger charge is 2.38. The Bertz CT molecular complexity index is 670. The Balaban J connectivity index is 1.53. The lowest BCUT2D eigenvalue weighted by molar-refractivity contribution is -0.135. The van der Waals surface area contributed by atoms with Gasteiger partial charge in [-0.3, -0.25) is 14.5 Å². The minimum absolute atomic E-state index is 0.0102. The molecule has 8 nitrogen and oxygen atoms in total. The summed E-state index contributed by atoms with van der Waals surface area (Å²) in [6.45, 7) is 2.43. The number of nitrogens with zero attached hydrogens (tertiary/aromatic N) is 2. The van der Waals surface area contributed by atoms with E-state index in [1.54, 1.807) is 24.1 Å². The molecule has 3 rings (SSSR count). The smallest absolute Gasteiger partial charge is 0.325 e. The van der Waals surface area contributed by atoms with Gasteiger partial charge in [0.05, 0.1) is 26.9 Å². The second-order valence-corrected chi connectivity index (χ2v) is 6.31. The molecule has 2 fully saturated rings. The number of morpholine rings is 1. The molecular formula is C18H23N3O5. The molecule has 0 radical (unpaired) electrons. The van der Waals surface area contributed by atoms with Crippen molar-refractivity contribution in [1.82, 2.24) is 15.1 Å². The highest BCUT2D eigenvalue weighted by Crippen LogP contribution is 2.18. The van der Waals surface area contributed by atoms with Crippen molar-refractivity contribution in [1.29, 1.82) is 0 Å². The number of ether oxygens (including phenoxy) is 2. The largest absolute Gasteiger partial charge is 0.497 e. The maximum absolute atomic E-state index is 12.5. The summed E-state index contributed by atoms with van der Waals surface area (Å²) < 4.78 is 10.3. The molecule has 140 valence electrons. The van der Waals surface area contributed by atoms with Crippen LogP contribution in [0.2, 0.25) is 0 Å². The van der Waals surface area contributed by atoms with Crippen LogP contribution in [0.25, 0.3) is 0 Å². The monoisotopic (exact) mass is 361 g/mol. The summed E-state index contributed by atoms with van der Waals surface area (Å²) in [5, 5.41) is 2.67. The van der Waals surface area contributed by atoms with Crippen LogP contribution in [0.1, 0.15) is 18.4 Å². The SMILES string of the molecule is COc1ccc(CN2C(=O)NC(CCC(=O)N3CCOCC3)C2=O)cc1. The zero-order valence-electron chi connectivity index (χ0n) is 14.8. The standard InChI is InChI=1S/C18H23N3O5/c1-25-14-4-2-13(3-5-14)12-21-17(23)15(19-18(21)24)6-7-16(22)20-8-10-26-11-9-20/h2-5,15H,6-12H2,1H3,(H,19,24). The number of benzene rings is 1. The van der Waals surface area contributed by atoms with Crippen LogP contribution in [-0.4, -0.2) is 67.1 Å². The first kappa shape index (κ1) is 18.2. The Hall–Kier alpha value is -2.61. The van der Waals surface area contributed by atoms with Crippen LogP contribution in [0.15, 0.2) is 24.3 Å². The maximum Gasteiger partial charge on any atom is 0.325 e. The maximum atomic E-state index is 12.5. The summed E-state index contributed by atoms with van der Waals surface area (Å²) in [5.41, 5.74) is 0.833. The molecule has 0 saturated carbocycles. The Morgan fingerprint density at radius 2 is 1.92 bits per heavy atom. The number of amides is 4. The van der Waals surface area contributed by atoms with E-state index < -0.39 is 12.1 Å². The molecule has 26 heavy (non-hydrogen) atoms. The first-order chi connectivity index (χ1) is 12.6. The Morgan fingerprint density at radius 1 is 1.23 bits per heavy atom. The molecule has 8 heteroatoms. The average molecular weight is 361 g/mol. The fraction of sp³-hybridized carbons (Fsp3) is 0.500. The van der Waals surface area contributed by atoms with Crippen molar-refractivity contribution >= 4 is 17.8 Å². The summed E-state index contributed by atoms with van der Waals surface area (Å²) in [6, 6.07) is 6.13. The van der Waals surface area contributed by atoms with E-state index in [4.69, 9.17) is 9.47 Å². The number of carbonyl (C=O) groups excluding carboxylic acids is 3. The van der Waals surface area contributed by atoms with Crippen LogP contribution in [0.4, 0.5) is 4.79 Å². The van der Waals surface area contributed by atoms with E-state index in [0.29, 0.717) is 38.5 Å². The van der Waals surface area contributed by atoms with Gasteiger partial charge in [0, 0.05) is 19.5 Å². The second-order valence-electron chi connectivity index (χ2n) is 6.31. The van der Waals surface area contributed by atoms with E-state index in [1.807, 2.05) is 12.1 Å². The number of methoxy groups -OCH3 is 1. The lowest BCUT2D eigenvalue weighted by Gasteiger charge is -2.27. The van der Waals surface area contributed by atoms with Crippen molar-refractivity contribution in [2.75, 3.05) is 33.4 Å². The number of hydrogen-bond donors (Lipinski definition) is 1. The fourth-order valence-corrected chi connectivity index (χ4v) is 3.07. The van der Waals surface area contributed by atoms with Crippen molar-refractivity contribution < 1.29 is 23.9 Å². The van der Waals surface area contributed by atoms with Crippen molar-refractivity contribution in [2.24, 2.45) is 0 Å². The van der Waals surface area contributed by atoms with Crippen LogP contribution < -0.4 is 10.1 Å². The zero-order valence-corrected chi connectivity index (χ0v) is 14.8. The van der Waals surface area contributed by atoms with Gasteiger partial charge in [0.25, 0.3) is 5.91 Å². The number of rotatable bonds is 6. The number of hydrogen-bond acceptors (Lipinski definition) is 5. The lowest BCUT2D eigenvalue weighted by atomic mass is 10.1. The van der Waals surface area contributed by atoms with Crippen molar-refractivity contribution in [3.05, 3.63) is 29.8 Å². The van der Waals surface area contributed by atoms with Crippen molar-refractivity contribution in [2.45, 2.75) is 25.4 Å². The number of imide groups is 1. The van der Waals surface area contributed by atoms with Gasteiger partial charge in [-0.25, -0.2) is 4.79 Å². The lowest BCUT2D eigenvalue weighted by Crippen LogP contribution is -2.41. The molecule has 1 aromatic carbocycles. The molecule has 0 spiro atoms. The quantitative estimate of drug-likeness (QED) is 0.756. The van der Waals surface area contributed by atoms with E-state index in [1.165, 1.54) is 4.90 Å². The van der Waals surface area contributed by atoms with Crippen molar-refractivity contribution in [3.8, 4) is 5.75 Å². The molecule has 0 aliphatic carbocycles. The van der Waals surface area contributed by atoms with Gasteiger partial charge < -0.3 is 19.7 Å². The number of nitrogens with one attached hydrogen (secondary N) is 1. The summed E-state index contributed by atoms with van der Waals surface area (Å²) >= 11 is 0. The number of urea groups is 1. The third-order valence-corrected chi connectivity index (χ3v) is 4.62. The van der Waals surface area contributed by atoms with E-state index in [2.05, 4.69) is 5.32 Å². The van der Waals surface area contributed by atoms with Crippen LogP contribution in [0, 0.1) is 0 Å². The van der Waals surface area contributed by atoms with Gasteiger partial charge >= 0.3 is 6.03 Å². The van der Waals surface area contributed by atoms with Gasteiger partial charge in [-0.1, -0.05) is 12.1 Å². The van der Waals surface area contributed by atoms with Crippen LogP contribution in [0.3, 0.4) is 0 Å². The van der Waals surface area contributed by atoms with E-state index in [9.17, 15) is 14.4 Å².